The summed E-state index contributed by atoms with van der Waals surface area (Å²) in [5.41, 5.74) is 5.21. The van der Waals surface area contributed by atoms with Gasteiger partial charge in [-0.1, -0.05) is 43.3 Å². The Labute approximate surface area is 133 Å². The maximum atomic E-state index is 5.51. The van der Waals surface area contributed by atoms with Crippen molar-refractivity contribution in [2.45, 2.75) is 59.0 Å². The van der Waals surface area contributed by atoms with Crippen LogP contribution in [0.3, 0.4) is 0 Å². The number of hydrogen-bond donors (Lipinski definition) is 0. The molecule has 2 aromatic rings. The fourth-order valence-electron chi connectivity index (χ4n) is 3.56. The standard InChI is InChI=1S/C19H26N2O/c1-4-15-8-10-16(11-9-15)13-21-12-6-7-17(21)19-14(3)20-22-18(19)5-2/h8-11,17H,4-7,12-13H2,1-3H3. The highest BCUT2D eigenvalue weighted by Gasteiger charge is 2.31. The van der Waals surface area contributed by atoms with Crippen molar-refractivity contribution < 1.29 is 4.52 Å². The van der Waals surface area contributed by atoms with Gasteiger partial charge < -0.3 is 4.52 Å². The highest BCUT2D eigenvalue weighted by atomic mass is 16.5. The van der Waals surface area contributed by atoms with Crippen LogP contribution in [0, 0.1) is 6.92 Å². The minimum Gasteiger partial charge on any atom is -0.361 e. The van der Waals surface area contributed by atoms with E-state index >= 15 is 0 Å². The first kappa shape index (κ1) is 15.3. The van der Waals surface area contributed by atoms with Crippen molar-refractivity contribution in [1.29, 1.82) is 0 Å². The van der Waals surface area contributed by atoms with E-state index in [0.29, 0.717) is 6.04 Å². The number of aryl methyl sites for hydroxylation is 3. The molecule has 1 saturated heterocycles. The molecule has 0 aliphatic carbocycles. The van der Waals surface area contributed by atoms with Crippen LogP contribution in [-0.2, 0) is 19.4 Å². The molecule has 3 rings (SSSR count). The maximum absolute atomic E-state index is 5.51. The molecule has 1 unspecified atom stereocenters. The molecule has 0 N–H and O–H groups in total. The summed E-state index contributed by atoms with van der Waals surface area (Å²) in [6.45, 7) is 8.60. The Morgan fingerprint density at radius 3 is 2.55 bits per heavy atom. The Bertz CT molecular complexity index is 615. The van der Waals surface area contributed by atoms with E-state index < -0.39 is 0 Å². The topological polar surface area (TPSA) is 29.3 Å². The predicted molar refractivity (Wildman–Crippen MR) is 88.8 cm³/mol. The lowest BCUT2D eigenvalue weighted by Gasteiger charge is -2.25. The van der Waals surface area contributed by atoms with Crippen molar-refractivity contribution in [3.8, 4) is 0 Å². The van der Waals surface area contributed by atoms with Crippen LogP contribution in [0.5, 0.6) is 0 Å². The molecule has 1 aliphatic rings. The Kier molecular flexibility index (Phi) is 4.63. The van der Waals surface area contributed by atoms with Gasteiger partial charge in [-0.2, -0.15) is 0 Å². The van der Waals surface area contributed by atoms with Crippen molar-refractivity contribution in [2.24, 2.45) is 0 Å². The third-order valence-corrected chi connectivity index (χ3v) is 4.82. The molecule has 3 nitrogen and oxygen atoms in total. The fraction of sp³-hybridized carbons (Fsp3) is 0.526. The van der Waals surface area contributed by atoms with Gasteiger partial charge in [0.05, 0.1) is 5.69 Å². The molecule has 1 fully saturated rings. The van der Waals surface area contributed by atoms with E-state index in [1.54, 1.807) is 0 Å². The quantitative estimate of drug-likeness (QED) is 0.817. The lowest BCUT2D eigenvalue weighted by molar-refractivity contribution is 0.245. The van der Waals surface area contributed by atoms with Gasteiger partial charge in [-0.3, -0.25) is 4.90 Å². The zero-order chi connectivity index (χ0) is 15.5. The molecule has 1 aromatic carbocycles. The summed E-state index contributed by atoms with van der Waals surface area (Å²) in [5, 5.41) is 4.19. The second kappa shape index (κ2) is 6.66. The number of nitrogens with zero attached hydrogens (tertiary/aromatic N) is 2. The maximum Gasteiger partial charge on any atom is 0.141 e. The van der Waals surface area contributed by atoms with E-state index in [2.05, 4.69) is 55.1 Å². The number of hydrogen-bond acceptors (Lipinski definition) is 3. The SMILES string of the molecule is CCc1ccc(CN2CCCC2c2c(C)noc2CC)cc1. The van der Waals surface area contributed by atoms with E-state index in [1.165, 1.54) is 29.5 Å². The summed E-state index contributed by atoms with van der Waals surface area (Å²) in [4.78, 5) is 2.58. The van der Waals surface area contributed by atoms with E-state index in [-0.39, 0.29) is 0 Å². The van der Waals surface area contributed by atoms with Crippen molar-refractivity contribution >= 4 is 0 Å². The van der Waals surface area contributed by atoms with Gasteiger partial charge in [0.1, 0.15) is 5.76 Å². The van der Waals surface area contributed by atoms with Crippen molar-refractivity contribution in [1.82, 2.24) is 10.1 Å². The Balaban J connectivity index is 1.79. The normalized spacial score (nSPS) is 19.0. The summed E-state index contributed by atoms with van der Waals surface area (Å²) in [6, 6.07) is 9.52. The summed E-state index contributed by atoms with van der Waals surface area (Å²) in [7, 11) is 0. The number of likely N-dealkylation sites (tertiary alicyclic amines) is 1. The molecule has 1 aliphatic heterocycles. The molecule has 0 saturated carbocycles. The van der Waals surface area contributed by atoms with Crippen LogP contribution >= 0.6 is 0 Å². The van der Waals surface area contributed by atoms with Gasteiger partial charge in [-0.25, -0.2) is 0 Å². The van der Waals surface area contributed by atoms with Crippen LogP contribution in [0.1, 0.15) is 60.9 Å². The fourth-order valence-corrected chi connectivity index (χ4v) is 3.56. The smallest absolute Gasteiger partial charge is 0.141 e. The van der Waals surface area contributed by atoms with Crippen molar-refractivity contribution in [3.05, 3.63) is 52.4 Å². The minimum absolute atomic E-state index is 0.465. The Hall–Kier alpha value is -1.61. The van der Waals surface area contributed by atoms with Crippen LogP contribution in [0.25, 0.3) is 0 Å². The van der Waals surface area contributed by atoms with E-state index in [9.17, 15) is 0 Å². The average molecular weight is 298 g/mol. The lowest BCUT2D eigenvalue weighted by Crippen LogP contribution is -2.23. The van der Waals surface area contributed by atoms with Gasteiger partial charge in [0.25, 0.3) is 0 Å². The molecule has 1 atom stereocenters. The molecule has 0 bridgehead atoms. The largest absolute Gasteiger partial charge is 0.361 e. The molecule has 3 heteroatoms. The van der Waals surface area contributed by atoms with E-state index in [0.717, 1.165) is 37.4 Å². The van der Waals surface area contributed by atoms with Gasteiger partial charge in [0.2, 0.25) is 0 Å². The third kappa shape index (κ3) is 2.95. The number of benzene rings is 1. The van der Waals surface area contributed by atoms with Crippen LogP contribution < -0.4 is 0 Å². The highest BCUT2D eigenvalue weighted by molar-refractivity contribution is 5.28. The molecule has 1 aromatic heterocycles. The molecule has 0 radical (unpaired) electrons. The van der Waals surface area contributed by atoms with Crippen molar-refractivity contribution in [2.75, 3.05) is 6.54 Å². The lowest BCUT2D eigenvalue weighted by atomic mass is 10.0. The van der Waals surface area contributed by atoms with Gasteiger partial charge >= 0.3 is 0 Å². The molecule has 118 valence electrons. The Morgan fingerprint density at radius 2 is 1.86 bits per heavy atom. The minimum atomic E-state index is 0.465. The second-order valence-electron chi connectivity index (χ2n) is 6.26. The predicted octanol–water partition coefficient (Wildman–Crippen LogP) is 4.44. The highest BCUT2D eigenvalue weighted by Crippen LogP contribution is 2.36. The molecule has 2 heterocycles. The molecular weight excluding hydrogens is 272 g/mol. The molecule has 0 spiro atoms. The average Bonchev–Trinajstić information content (AvgIpc) is 3.14. The van der Waals surface area contributed by atoms with Gasteiger partial charge in [0.15, 0.2) is 0 Å². The molecular formula is C19H26N2O. The Morgan fingerprint density at radius 1 is 1.14 bits per heavy atom. The zero-order valence-electron chi connectivity index (χ0n) is 13.9. The molecule has 0 amide bonds. The first-order valence-electron chi connectivity index (χ1n) is 8.49. The van der Waals surface area contributed by atoms with Gasteiger partial charge in [-0.15, -0.1) is 0 Å². The van der Waals surface area contributed by atoms with Gasteiger partial charge in [0, 0.05) is 24.6 Å². The van der Waals surface area contributed by atoms with Gasteiger partial charge in [-0.05, 0) is 43.9 Å². The van der Waals surface area contributed by atoms with Crippen LogP contribution in [0.15, 0.2) is 28.8 Å². The number of rotatable bonds is 5. The first-order valence-corrected chi connectivity index (χ1v) is 8.49. The van der Waals surface area contributed by atoms with Crippen molar-refractivity contribution in [3.63, 3.8) is 0 Å². The summed E-state index contributed by atoms with van der Waals surface area (Å²) < 4.78 is 5.51. The van der Waals surface area contributed by atoms with Crippen LogP contribution in [-0.4, -0.2) is 16.6 Å². The van der Waals surface area contributed by atoms with Crippen LogP contribution in [0.2, 0.25) is 0 Å². The van der Waals surface area contributed by atoms with Crippen LogP contribution in [0.4, 0.5) is 0 Å². The number of aromatic nitrogens is 1. The molecule has 22 heavy (non-hydrogen) atoms. The first-order chi connectivity index (χ1) is 10.7. The van der Waals surface area contributed by atoms with E-state index in [1.807, 2.05) is 0 Å². The second-order valence-corrected chi connectivity index (χ2v) is 6.26. The van der Waals surface area contributed by atoms with E-state index in [4.69, 9.17) is 4.52 Å². The monoisotopic (exact) mass is 298 g/mol. The third-order valence-electron chi connectivity index (χ3n) is 4.82. The summed E-state index contributed by atoms with van der Waals surface area (Å²) in [6.07, 6.45) is 4.49. The summed E-state index contributed by atoms with van der Waals surface area (Å²) >= 11 is 0. The zero-order valence-corrected chi connectivity index (χ0v) is 13.9. The summed E-state index contributed by atoms with van der Waals surface area (Å²) in [5.74, 6) is 1.07.